The van der Waals surface area contributed by atoms with E-state index in [1.165, 1.54) is 212 Å². The number of allylic oxidation sites excluding steroid dienone is 6. The molecule has 0 bridgehead atoms. The van der Waals surface area contributed by atoms with Gasteiger partial charge in [0.2, 0.25) is 5.91 Å². The van der Waals surface area contributed by atoms with Crippen LogP contribution in [0.3, 0.4) is 0 Å². The lowest BCUT2D eigenvalue weighted by Crippen LogP contribution is -2.60. The van der Waals surface area contributed by atoms with Crippen molar-refractivity contribution in [1.82, 2.24) is 5.32 Å². The summed E-state index contributed by atoms with van der Waals surface area (Å²) in [6, 6.07) is -1.19. The molecule has 9 atom stereocenters. The summed E-state index contributed by atoms with van der Waals surface area (Å²) in [7, 11) is 0. The largest absolute Gasteiger partial charge is 0.394 e. The fourth-order valence-electron chi connectivity index (χ4n) is 10.4. The summed E-state index contributed by atoms with van der Waals surface area (Å²) in [6.45, 7) is 3.48. The zero-order valence-electron chi connectivity index (χ0n) is 49.2. The Bertz CT molecular complexity index is 1330. The van der Waals surface area contributed by atoms with Gasteiger partial charge in [-0.05, 0) is 70.6 Å². The van der Waals surface area contributed by atoms with Crippen molar-refractivity contribution in [3.63, 3.8) is 0 Å². The topological polar surface area (TPSA) is 189 Å². The Morgan fingerprint density at radius 2 is 0.816 bits per heavy atom. The molecule has 1 saturated heterocycles. The number of carbonyl (C=O) groups excluding carboxylic acids is 1. The molecule has 1 heterocycles. The van der Waals surface area contributed by atoms with Gasteiger partial charge in [0, 0.05) is 0 Å². The first-order valence-corrected chi connectivity index (χ1v) is 32.4. The van der Waals surface area contributed by atoms with E-state index >= 15 is 0 Å². The van der Waals surface area contributed by atoms with E-state index in [-0.39, 0.29) is 12.8 Å². The van der Waals surface area contributed by atoms with Crippen LogP contribution in [0.4, 0.5) is 0 Å². The summed E-state index contributed by atoms with van der Waals surface area (Å²) in [5.74, 6) is -0.705. The van der Waals surface area contributed by atoms with Gasteiger partial charge in [-0.3, -0.25) is 4.79 Å². The number of ether oxygens (including phenoxy) is 2. The van der Waals surface area contributed by atoms with Crippen LogP contribution in [0.25, 0.3) is 0 Å². The van der Waals surface area contributed by atoms with E-state index in [9.17, 15) is 40.5 Å². The van der Waals surface area contributed by atoms with Crippen molar-refractivity contribution in [2.45, 2.75) is 358 Å². The molecule has 0 spiro atoms. The van der Waals surface area contributed by atoms with Gasteiger partial charge in [-0.2, -0.15) is 0 Å². The Morgan fingerprint density at radius 3 is 1.21 bits per heavy atom. The summed E-state index contributed by atoms with van der Waals surface area (Å²) in [5, 5.41) is 76.3. The van der Waals surface area contributed by atoms with Crippen LogP contribution >= 0.6 is 0 Å². The summed E-state index contributed by atoms with van der Waals surface area (Å²) in [5.41, 5.74) is 0. The molecule has 8 N–H and O–H groups in total. The van der Waals surface area contributed by atoms with E-state index in [1.54, 1.807) is 0 Å². The lowest BCUT2D eigenvalue weighted by molar-refractivity contribution is -0.303. The normalized spacial score (nSPS) is 19.8. The molecule has 0 aromatic carbocycles. The summed E-state index contributed by atoms with van der Waals surface area (Å²) in [4.78, 5) is 13.2. The minimum atomic E-state index is -1.67. The first-order valence-electron chi connectivity index (χ1n) is 32.4. The van der Waals surface area contributed by atoms with Crippen molar-refractivity contribution in [1.29, 1.82) is 0 Å². The molecule has 0 saturated carbocycles. The number of amides is 1. The predicted molar refractivity (Wildman–Crippen MR) is 316 cm³/mol. The second-order valence-corrected chi connectivity index (χ2v) is 22.8. The van der Waals surface area contributed by atoms with Gasteiger partial charge < -0.3 is 50.5 Å². The number of hydrogen-bond acceptors (Lipinski definition) is 10. The van der Waals surface area contributed by atoms with Gasteiger partial charge in [0.25, 0.3) is 0 Å². The third-order valence-corrected chi connectivity index (χ3v) is 15.7. The fraction of sp³-hybridized carbons (Fsp3) is 0.892. The SMILES string of the molecule is CCCCCCCCCCC/C=C\C/C=C\CCCCCCCCCCCCC(O)C(=O)NC(COC1OC(CO)C(O)C(O)C1O)C(O)C(O)CCC/C=C/CCCCCCCCCCCCCCCCCCCC. The number of rotatable bonds is 56. The highest BCUT2D eigenvalue weighted by Crippen LogP contribution is 2.24. The van der Waals surface area contributed by atoms with E-state index in [0.29, 0.717) is 12.8 Å². The second-order valence-electron chi connectivity index (χ2n) is 22.8. The highest BCUT2D eigenvalue weighted by Gasteiger charge is 2.44. The van der Waals surface area contributed by atoms with Crippen molar-refractivity contribution < 1.29 is 50.0 Å². The lowest BCUT2D eigenvalue weighted by atomic mass is 9.98. The first-order chi connectivity index (χ1) is 37.2. The van der Waals surface area contributed by atoms with Crippen LogP contribution in [0.15, 0.2) is 36.5 Å². The third kappa shape index (κ3) is 41.4. The van der Waals surface area contributed by atoms with Crippen LogP contribution in [-0.2, 0) is 14.3 Å². The smallest absolute Gasteiger partial charge is 0.249 e. The van der Waals surface area contributed by atoms with Gasteiger partial charge in [-0.1, -0.05) is 269 Å². The average Bonchev–Trinajstić information content (AvgIpc) is 3.42. The Labute approximate surface area is 467 Å². The maximum Gasteiger partial charge on any atom is 0.249 e. The molecular formula is C65H123NO10. The lowest BCUT2D eigenvalue weighted by Gasteiger charge is -2.40. The molecule has 0 aliphatic carbocycles. The van der Waals surface area contributed by atoms with Crippen molar-refractivity contribution in [3.8, 4) is 0 Å². The fourth-order valence-corrected chi connectivity index (χ4v) is 10.4. The summed E-state index contributed by atoms with van der Waals surface area (Å²) in [6.07, 6.45) is 56.4. The molecule has 0 radical (unpaired) electrons. The second kappa shape index (κ2) is 53.9. The maximum absolute atomic E-state index is 13.2. The molecule has 0 aromatic heterocycles. The number of carbonyl (C=O) groups is 1. The Morgan fingerprint density at radius 1 is 0.461 bits per heavy atom. The average molecular weight is 1080 g/mol. The molecule has 11 heteroatoms. The van der Waals surface area contributed by atoms with Gasteiger partial charge >= 0.3 is 0 Å². The monoisotopic (exact) mass is 1080 g/mol. The molecule has 1 aliphatic rings. The van der Waals surface area contributed by atoms with E-state index in [4.69, 9.17) is 9.47 Å². The van der Waals surface area contributed by atoms with E-state index in [2.05, 4.69) is 55.6 Å². The molecule has 9 unspecified atom stereocenters. The number of unbranched alkanes of at least 4 members (excludes halogenated alkanes) is 38. The van der Waals surface area contributed by atoms with Gasteiger partial charge in [0.05, 0.1) is 25.4 Å². The maximum atomic E-state index is 13.2. The van der Waals surface area contributed by atoms with Gasteiger partial charge in [0.1, 0.15) is 36.6 Å². The van der Waals surface area contributed by atoms with Crippen molar-refractivity contribution in [3.05, 3.63) is 36.5 Å². The van der Waals surface area contributed by atoms with Crippen molar-refractivity contribution in [2.75, 3.05) is 13.2 Å². The zero-order chi connectivity index (χ0) is 55.4. The molecule has 448 valence electrons. The molecule has 76 heavy (non-hydrogen) atoms. The van der Waals surface area contributed by atoms with E-state index in [1.807, 2.05) is 0 Å². The van der Waals surface area contributed by atoms with E-state index < -0.39 is 74.2 Å². The van der Waals surface area contributed by atoms with Crippen LogP contribution in [0, 0.1) is 0 Å². The first kappa shape index (κ1) is 72.3. The Hall–Kier alpha value is -1.67. The highest BCUT2D eigenvalue weighted by molar-refractivity contribution is 5.80. The molecule has 1 aliphatic heterocycles. The van der Waals surface area contributed by atoms with Crippen molar-refractivity contribution in [2.24, 2.45) is 0 Å². The molecular weight excluding hydrogens is 955 g/mol. The molecule has 11 nitrogen and oxygen atoms in total. The Kier molecular flexibility index (Phi) is 51.3. The van der Waals surface area contributed by atoms with Crippen LogP contribution in [0.5, 0.6) is 0 Å². The number of nitrogens with one attached hydrogen (secondary N) is 1. The van der Waals surface area contributed by atoms with Gasteiger partial charge in [-0.25, -0.2) is 0 Å². The summed E-state index contributed by atoms with van der Waals surface area (Å²) >= 11 is 0. The van der Waals surface area contributed by atoms with Crippen LogP contribution in [0.2, 0.25) is 0 Å². The van der Waals surface area contributed by atoms with E-state index in [0.717, 1.165) is 51.4 Å². The highest BCUT2D eigenvalue weighted by atomic mass is 16.7. The van der Waals surface area contributed by atoms with Crippen LogP contribution in [-0.4, -0.2) is 110 Å². The molecule has 1 rings (SSSR count). The standard InChI is InChI=1S/C65H123NO10/c1-3-5-7-9-11-13-15-17-19-21-23-25-27-28-29-31-33-35-37-39-41-43-45-47-49-51-53-58(69)64(74)66-56(55-75-65-63(73)62(72)61(71)59(54-67)76-65)60(70)57(68)52-50-48-46-44-42-40-38-36-34-32-30-26-24-22-20-18-16-14-12-10-8-6-4-2/h23,25,28-29,44,46,56-63,65,67-73H,3-22,24,26-27,30-43,45,47-55H2,1-2H3,(H,66,74)/b25-23-,29-28-,46-44+. The van der Waals surface area contributed by atoms with Crippen molar-refractivity contribution >= 4 is 5.91 Å². The number of hydrogen-bond donors (Lipinski definition) is 8. The number of aliphatic hydroxyl groups excluding tert-OH is 7. The van der Waals surface area contributed by atoms with Gasteiger partial charge in [-0.15, -0.1) is 0 Å². The zero-order valence-corrected chi connectivity index (χ0v) is 49.2. The van der Waals surface area contributed by atoms with Gasteiger partial charge in [0.15, 0.2) is 6.29 Å². The molecule has 1 fully saturated rings. The molecule has 1 amide bonds. The summed E-state index contributed by atoms with van der Waals surface area (Å²) < 4.78 is 11.2. The predicted octanol–water partition coefficient (Wildman–Crippen LogP) is 14.6. The Balaban J connectivity index is 2.27. The minimum absolute atomic E-state index is 0.251. The molecule has 0 aromatic rings. The van der Waals surface area contributed by atoms with Crippen LogP contribution in [0.1, 0.15) is 303 Å². The quantitative estimate of drug-likeness (QED) is 0.0215. The third-order valence-electron chi connectivity index (χ3n) is 15.7. The van der Waals surface area contributed by atoms with Crippen LogP contribution < -0.4 is 5.32 Å². The minimum Gasteiger partial charge on any atom is -0.394 e. The number of aliphatic hydroxyl groups is 7.